The Hall–Kier alpha value is -1.66. The fraction of sp³-hybridized carbons (Fsp3) is 0.421. The summed E-state index contributed by atoms with van der Waals surface area (Å²) in [5.41, 5.74) is 1.58. The summed E-state index contributed by atoms with van der Waals surface area (Å²) in [4.78, 5) is 28.7. The predicted octanol–water partition coefficient (Wildman–Crippen LogP) is 3.92. The van der Waals surface area contributed by atoms with Crippen LogP contribution in [0.5, 0.6) is 0 Å². The average molecular weight is 375 g/mol. The molecule has 2 fully saturated rings. The maximum atomic E-state index is 12.7. The molecule has 1 heterocycles. The first-order valence-electron chi connectivity index (χ1n) is 8.56. The standard InChI is InChI=1S/C19H22N2O2S2/c1-20(15-6-4-3-5-7-15)17(22)14-10-8-13(9-11-14)12-16-18(23)21(2)19(24)25-16/h8-12,15H,3-7H2,1-2H3/b16-12+. The molecule has 0 unspecified atom stereocenters. The van der Waals surface area contributed by atoms with Crippen molar-refractivity contribution in [3.05, 3.63) is 40.3 Å². The zero-order valence-corrected chi connectivity index (χ0v) is 16.2. The Morgan fingerprint density at radius 3 is 2.44 bits per heavy atom. The number of rotatable bonds is 3. The number of carbonyl (C=O) groups is 2. The lowest BCUT2D eigenvalue weighted by molar-refractivity contribution is -0.121. The predicted molar refractivity (Wildman–Crippen MR) is 106 cm³/mol. The summed E-state index contributed by atoms with van der Waals surface area (Å²) in [6.07, 6.45) is 7.70. The van der Waals surface area contributed by atoms with Gasteiger partial charge in [0, 0.05) is 25.7 Å². The van der Waals surface area contributed by atoms with Crippen molar-refractivity contribution >= 4 is 46.2 Å². The Morgan fingerprint density at radius 2 is 1.88 bits per heavy atom. The Balaban J connectivity index is 1.71. The second-order valence-electron chi connectivity index (χ2n) is 6.57. The molecule has 1 aromatic rings. The van der Waals surface area contributed by atoms with E-state index in [-0.39, 0.29) is 11.8 Å². The molecule has 1 aliphatic heterocycles. The Bertz CT molecular complexity index is 721. The van der Waals surface area contributed by atoms with Crippen LogP contribution in [-0.2, 0) is 4.79 Å². The quantitative estimate of drug-likeness (QED) is 0.594. The van der Waals surface area contributed by atoms with Gasteiger partial charge in [-0.1, -0.05) is 55.4 Å². The van der Waals surface area contributed by atoms with Gasteiger partial charge >= 0.3 is 0 Å². The number of thiocarbonyl (C=S) groups is 1. The van der Waals surface area contributed by atoms with Crippen LogP contribution in [0.1, 0.15) is 48.0 Å². The van der Waals surface area contributed by atoms with E-state index in [9.17, 15) is 9.59 Å². The molecule has 0 bridgehead atoms. The van der Waals surface area contributed by atoms with E-state index in [1.165, 1.54) is 35.9 Å². The number of thioether (sulfide) groups is 1. The van der Waals surface area contributed by atoms with Gasteiger partial charge in [0.1, 0.15) is 4.32 Å². The topological polar surface area (TPSA) is 40.6 Å². The molecule has 132 valence electrons. The van der Waals surface area contributed by atoms with Gasteiger partial charge < -0.3 is 4.90 Å². The second-order valence-corrected chi connectivity index (χ2v) is 8.25. The average Bonchev–Trinajstić information content (AvgIpc) is 2.88. The number of carbonyl (C=O) groups excluding carboxylic acids is 2. The molecule has 1 aliphatic carbocycles. The highest BCUT2D eigenvalue weighted by atomic mass is 32.2. The molecule has 3 rings (SSSR count). The van der Waals surface area contributed by atoms with Crippen LogP contribution in [0, 0.1) is 0 Å². The third-order valence-corrected chi connectivity index (χ3v) is 6.37. The molecule has 1 saturated carbocycles. The molecule has 6 heteroatoms. The van der Waals surface area contributed by atoms with E-state index in [1.807, 2.05) is 42.3 Å². The number of hydrogen-bond donors (Lipinski definition) is 0. The number of likely N-dealkylation sites (N-methyl/N-ethyl adjacent to an activating group) is 1. The molecule has 0 aromatic heterocycles. The smallest absolute Gasteiger partial charge is 0.265 e. The molecule has 2 aliphatic rings. The van der Waals surface area contributed by atoms with E-state index in [2.05, 4.69) is 0 Å². The highest BCUT2D eigenvalue weighted by molar-refractivity contribution is 8.26. The van der Waals surface area contributed by atoms with Crippen molar-refractivity contribution in [2.45, 2.75) is 38.1 Å². The van der Waals surface area contributed by atoms with Crippen molar-refractivity contribution in [1.29, 1.82) is 0 Å². The molecular weight excluding hydrogens is 352 g/mol. The van der Waals surface area contributed by atoms with E-state index in [0.29, 0.717) is 20.8 Å². The van der Waals surface area contributed by atoms with Gasteiger partial charge in [0.05, 0.1) is 4.91 Å². The van der Waals surface area contributed by atoms with E-state index < -0.39 is 0 Å². The van der Waals surface area contributed by atoms with Crippen LogP contribution in [0.3, 0.4) is 0 Å². The van der Waals surface area contributed by atoms with Crippen LogP contribution < -0.4 is 0 Å². The van der Waals surface area contributed by atoms with Crippen molar-refractivity contribution in [3.8, 4) is 0 Å². The van der Waals surface area contributed by atoms with Gasteiger partial charge in [-0.15, -0.1) is 0 Å². The number of hydrogen-bond acceptors (Lipinski definition) is 4. The second kappa shape index (κ2) is 7.70. The first-order chi connectivity index (χ1) is 12.0. The fourth-order valence-corrected chi connectivity index (χ4v) is 4.44. The van der Waals surface area contributed by atoms with Crippen molar-refractivity contribution in [3.63, 3.8) is 0 Å². The summed E-state index contributed by atoms with van der Waals surface area (Å²) >= 11 is 6.44. The lowest BCUT2D eigenvalue weighted by Gasteiger charge is -2.31. The maximum Gasteiger partial charge on any atom is 0.265 e. The van der Waals surface area contributed by atoms with Gasteiger partial charge in [-0.25, -0.2) is 0 Å². The molecule has 4 nitrogen and oxygen atoms in total. The third kappa shape index (κ3) is 3.96. The monoisotopic (exact) mass is 374 g/mol. The maximum absolute atomic E-state index is 12.7. The van der Waals surface area contributed by atoms with E-state index in [4.69, 9.17) is 12.2 Å². The Labute approximate surface area is 158 Å². The summed E-state index contributed by atoms with van der Waals surface area (Å²) in [5, 5.41) is 0. The van der Waals surface area contributed by atoms with Gasteiger partial charge in [0.15, 0.2) is 0 Å². The molecule has 0 radical (unpaired) electrons. The third-order valence-electron chi connectivity index (χ3n) is 4.88. The van der Waals surface area contributed by atoms with E-state index in [0.717, 1.165) is 18.4 Å². The van der Waals surface area contributed by atoms with Crippen molar-refractivity contribution < 1.29 is 9.59 Å². The number of benzene rings is 1. The Kier molecular flexibility index (Phi) is 5.59. The van der Waals surface area contributed by atoms with Crippen LogP contribution in [0.15, 0.2) is 29.2 Å². The summed E-state index contributed by atoms with van der Waals surface area (Å²) in [7, 11) is 3.58. The van der Waals surface area contributed by atoms with Gasteiger partial charge in [0.2, 0.25) is 0 Å². The van der Waals surface area contributed by atoms with Crippen LogP contribution >= 0.6 is 24.0 Å². The first kappa shape index (κ1) is 18.1. The summed E-state index contributed by atoms with van der Waals surface area (Å²) < 4.78 is 0.567. The lowest BCUT2D eigenvalue weighted by Crippen LogP contribution is -2.38. The van der Waals surface area contributed by atoms with Crippen molar-refractivity contribution in [2.75, 3.05) is 14.1 Å². The molecule has 0 spiro atoms. The number of nitrogens with zero attached hydrogens (tertiary/aromatic N) is 2. The molecule has 2 amide bonds. The van der Waals surface area contributed by atoms with Crippen LogP contribution in [-0.4, -0.2) is 46.1 Å². The largest absolute Gasteiger partial charge is 0.339 e. The van der Waals surface area contributed by atoms with Crippen LogP contribution in [0.2, 0.25) is 0 Å². The zero-order valence-electron chi connectivity index (χ0n) is 14.5. The Morgan fingerprint density at radius 1 is 1.24 bits per heavy atom. The fourth-order valence-electron chi connectivity index (χ4n) is 3.26. The lowest BCUT2D eigenvalue weighted by atomic mass is 9.94. The molecule has 25 heavy (non-hydrogen) atoms. The zero-order chi connectivity index (χ0) is 18.0. The minimum Gasteiger partial charge on any atom is -0.339 e. The van der Waals surface area contributed by atoms with Gasteiger partial charge in [0.25, 0.3) is 11.8 Å². The first-order valence-corrected chi connectivity index (χ1v) is 9.78. The van der Waals surface area contributed by atoms with Crippen molar-refractivity contribution in [2.24, 2.45) is 0 Å². The highest BCUT2D eigenvalue weighted by Gasteiger charge is 2.28. The molecule has 0 N–H and O–H groups in total. The van der Waals surface area contributed by atoms with Gasteiger partial charge in [-0.05, 0) is 36.6 Å². The SMILES string of the molecule is CN1C(=O)/C(=C\c2ccc(C(=O)N(C)C3CCCCC3)cc2)SC1=S. The van der Waals surface area contributed by atoms with E-state index >= 15 is 0 Å². The number of amides is 2. The van der Waals surface area contributed by atoms with Gasteiger partial charge in [-0.3, -0.25) is 14.5 Å². The molecule has 0 atom stereocenters. The molecule has 1 saturated heterocycles. The summed E-state index contributed by atoms with van der Waals surface area (Å²) in [6.45, 7) is 0. The molecule has 1 aromatic carbocycles. The summed E-state index contributed by atoms with van der Waals surface area (Å²) in [6, 6.07) is 7.78. The van der Waals surface area contributed by atoms with Gasteiger partial charge in [-0.2, -0.15) is 0 Å². The summed E-state index contributed by atoms with van der Waals surface area (Å²) in [5.74, 6) is -0.00878. The van der Waals surface area contributed by atoms with E-state index in [1.54, 1.807) is 7.05 Å². The van der Waals surface area contributed by atoms with Crippen LogP contribution in [0.4, 0.5) is 0 Å². The normalized spacial score (nSPS) is 20.4. The minimum absolute atomic E-state index is 0.0679. The molecular formula is C19H22N2O2S2. The van der Waals surface area contributed by atoms with Crippen LogP contribution in [0.25, 0.3) is 6.08 Å². The minimum atomic E-state index is -0.0767. The van der Waals surface area contributed by atoms with Crippen molar-refractivity contribution in [1.82, 2.24) is 9.80 Å². The highest BCUT2D eigenvalue weighted by Crippen LogP contribution is 2.31.